The maximum absolute atomic E-state index is 9.63. The second kappa shape index (κ2) is 2.89. The summed E-state index contributed by atoms with van der Waals surface area (Å²) in [6.07, 6.45) is 2.13. The molecule has 0 saturated heterocycles. The molecule has 0 aromatic carbocycles. The standard InChI is InChI=1S/C10H8ClNO/c1-6-5-8(11)7-3-2-4-12-9(7)10(6)13/h2-4,13H,1,5H2. The molecule has 1 aliphatic carbocycles. The lowest BCUT2D eigenvalue weighted by Crippen LogP contribution is -2.34. The van der Waals surface area contributed by atoms with Crippen LogP contribution in [0.1, 0.15) is 6.42 Å². The van der Waals surface area contributed by atoms with Gasteiger partial charge in [0.2, 0.25) is 0 Å². The Balaban J connectivity index is 2.99. The number of pyridine rings is 1. The van der Waals surface area contributed by atoms with Crippen LogP contribution in [0.15, 0.2) is 30.5 Å². The molecule has 2 nitrogen and oxygen atoms in total. The minimum Gasteiger partial charge on any atom is -0.505 e. The maximum atomic E-state index is 9.63. The SMILES string of the molecule is C=C1CC(Cl)=c2cccnc2=C1O. The van der Waals surface area contributed by atoms with Crippen molar-refractivity contribution in [2.24, 2.45) is 0 Å². The Hall–Kier alpha value is -1.28. The summed E-state index contributed by atoms with van der Waals surface area (Å²) in [6, 6.07) is 3.63. The van der Waals surface area contributed by atoms with Crippen LogP contribution in [0.25, 0.3) is 10.8 Å². The van der Waals surface area contributed by atoms with E-state index in [0.29, 0.717) is 22.4 Å². The number of aromatic nitrogens is 1. The van der Waals surface area contributed by atoms with Crippen molar-refractivity contribution in [1.29, 1.82) is 0 Å². The number of hydrogen-bond acceptors (Lipinski definition) is 2. The highest BCUT2D eigenvalue weighted by molar-refractivity contribution is 6.45. The van der Waals surface area contributed by atoms with Gasteiger partial charge in [-0.3, -0.25) is 4.98 Å². The summed E-state index contributed by atoms with van der Waals surface area (Å²) in [6.45, 7) is 3.71. The summed E-state index contributed by atoms with van der Waals surface area (Å²) in [4.78, 5) is 4.05. The van der Waals surface area contributed by atoms with Crippen LogP contribution < -0.4 is 10.6 Å². The fraction of sp³-hybridized carbons (Fsp3) is 0.100. The Bertz CT molecular complexity index is 490. The first-order chi connectivity index (χ1) is 6.20. The highest BCUT2D eigenvalue weighted by Gasteiger charge is 2.12. The average Bonchev–Trinajstić information content (AvgIpc) is 2.15. The second-order valence-electron chi connectivity index (χ2n) is 2.93. The van der Waals surface area contributed by atoms with Crippen molar-refractivity contribution in [3.8, 4) is 0 Å². The third-order valence-electron chi connectivity index (χ3n) is 2.03. The van der Waals surface area contributed by atoms with Crippen molar-refractivity contribution in [1.82, 2.24) is 4.98 Å². The Morgan fingerprint density at radius 1 is 1.54 bits per heavy atom. The molecule has 1 N–H and O–H groups in total. The van der Waals surface area contributed by atoms with Gasteiger partial charge in [0.15, 0.2) is 0 Å². The molecule has 1 aromatic rings. The zero-order valence-electron chi connectivity index (χ0n) is 6.92. The van der Waals surface area contributed by atoms with Crippen LogP contribution in [-0.4, -0.2) is 10.1 Å². The average molecular weight is 194 g/mol. The molecular formula is C10H8ClNO. The number of hydrogen-bond donors (Lipinski definition) is 1. The zero-order chi connectivity index (χ0) is 9.42. The first kappa shape index (κ1) is 8.32. The van der Waals surface area contributed by atoms with Crippen LogP contribution in [0.3, 0.4) is 0 Å². The molecule has 13 heavy (non-hydrogen) atoms. The van der Waals surface area contributed by atoms with E-state index in [0.717, 1.165) is 5.22 Å². The van der Waals surface area contributed by atoms with Crippen LogP contribution in [0.5, 0.6) is 0 Å². The van der Waals surface area contributed by atoms with Gasteiger partial charge in [0.05, 0.1) is 0 Å². The van der Waals surface area contributed by atoms with Crippen molar-refractivity contribution in [2.75, 3.05) is 0 Å². The lowest BCUT2D eigenvalue weighted by atomic mass is 10.1. The van der Waals surface area contributed by atoms with E-state index in [2.05, 4.69) is 11.6 Å². The van der Waals surface area contributed by atoms with Crippen molar-refractivity contribution < 1.29 is 5.11 Å². The van der Waals surface area contributed by atoms with Crippen molar-refractivity contribution >= 4 is 22.4 Å². The van der Waals surface area contributed by atoms with Crippen molar-refractivity contribution in [3.05, 3.63) is 41.0 Å². The van der Waals surface area contributed by atoms with Gasteiger partial charge in [-0.2, -0.15) is 0 Å². The largest absolute Gasteiger partial charge is 0.505 e. The van der Waals surface area contributed by atoms with Gasteiger partial charge in [-0.05, 0) is 17.7 Å². The van der Waals surface area contributed by atoms with Gasteiger partial charge < -0.3 is 5.11 Å². The van der Waals surface area contributed by atoms with E-state index in [1.807, 2.05) is 6.07 Å². The molecule has 0 amide bonds. The minimum absolute atomic E-state index is 0.153. The number of aliphatic hydroxyl groups is 1. The summed E-state index contributed by atoms with van der Waals surface area (Å²) >= 11 is 6.00. The van der Waals surface area contributed by atoms with E-state index in [1.54, 1.807) is 12.3 Å². The summed E-state index contributed by atoms with van der Waals surface area (Å²) in [5, 5.41) is 11.6. The number of fused-ring (bicyclic) bond motifs is 1. The first-order valence-corrected chi connectivity index (χ1v) is 4.29. The molecule has 0 atom stereocenters. The molecule has 0 spiro atoms. The number of nitrogens with zero attached hydrogens (tertiary/aromatic N) is 1. The van der Waals surface area contributed by atoms with Crippen LogP contribution in [0, 0.1) is 0 Å². The quantitative estimate of drug-likeness (QED) is 0.669. The first-order valence-electron chi connectivity index (χ1n) is 3.91. The Kier molecular flexibility index (Phi) is 1.85. The molecule has 1 aliphatic rings. The van der Waals surface area contributed by atoms with Gasteiger partial charge in [-0.1, -0.05) is 18.2 Å². The van der Waals surface area contributed by atoms with Crippen LogP contribution in [0.2, 0.25) is 0 Å². The monoisotopic (exact) mass is 193 g/mol. The van der Waals surface area contributed by atoms with E-state index in [4.69, 9.17) is 11.6 Å². The molecule has 0 fully saturated rings. The molecule has 1 heterocycles. The molecule has 3 heteroatoms. The van der Waals surface area contributed by atoms with E-state index in [-0.39, 0.29) is 5.76 Å². The van der Waals surface area contributed by atoms with Crippen molar-refractivity contribution in [3.63, 3.8) is 0 Å². The molecule has 0 unspecified atom stereocenters. The number of aliphatic hydroxyl groups excluding tert-OH is 1. The van der Waals surface area contributed by atoms with Gasteiger partial charge in [0.25, 0.3) is 0 Å². The maximum Gasteiger partial charge on any atom is 0.144 e. The normalized spacial score (nSPS) is 15.9. The second-order valence-corrected chi connectivity index (χ2v) is 3.39. The van der Waals surface area contributed by atoms with Gasteiger partial charge >= 0.3 is 0 Å². The molecule has 2 rings (SSSR count). The third-order valence-corrected chi connectivity index (χ3v) is 2.36. The predicted octanol–water partition coefficient (Wildman–Crippen LogP) is 1.05. The number of rotatable bonds is 0. The van der Waals surface area contributed by atoms with Crippen LogP contribution in [-0.2, 0) is 0 Å². The molecule has 0 bridgehead atoms. The van der Waals surface area contributed by atoms with Gasteiger partial charge in [-0.25, -0.2) is 0 Å². The molecule has 0 saturated carbocycles. The summed E-state index contributed by atoms with van der Waals surface area (Å²) < 4.78 is 0. The summed E-state index contributed by atoms with van der Waals surface area (Å²) in [5.74, 6) is 0.153. The van der Waals surface area contributed by atoms with Crippen LogP contribution in [0.4, 0.5) is 0 Å². The van der Waals surface area contributed by atoms with E-state index in [9.17, 15) is 5.11 Å². The van der Waals surface area contributed by atoms with Gasteiger partial charge in [0.1, 0.15) is 11.1 Å². The Morgan fingerprint density at radius 3 is 3.08 bits per heavy atom. The van der Waals surface area contributed by atoms with E-state index in [1.165, 1.54) is 0 Å². The molecular weight excluding hydrogens is 186 g/mol. The molecule has 1 aromatic heterocycles. The molecule has 0 aliphatic heterocycles. The highest BCUT2D eigenvalue weighted by atomic mass is 35.5. The topological polar surface area (TPSA) is 33.1 Å². The van der Waals surface area contributed by atoms with Gasteiger partial charge in [-0.15, -0.1) is 0 Å². The Labute approximate surface area is 80.5 Å². The summed E-state index contributed by atoms with van der Waals surface area (Å²) in [5.41, 5.74) is 0.621. The molecule has 0 radical (unpaired) electrons. The smallest absolute Gasteiger partial charge is 0.144 e. The Morgan fingerprint density at radius 2 is 2.31 bits per heavy atom. The highest BCUT2D eigenvalue weighted by Crippen LogP contribution is 2.19. The fourth-order valence-electron chi connectivity index (χ4n) is 1.35. The van der Waals surface area contributed by atoms with E-state index < -0.39 is 0 Å². The van der Waals surface area contributed by atoms with Crippen molar-refractivity contribution in [2.45, 2.75) is 6.42 Å². The summed E-state index contributed by atoms with van der Waals surface area (Å²) in [7, 11) is 0. The lowest BCUT2D eigenvalue weighted by Gasteiger charge is -2.09. The van der Waals surface area contributed by atoms with Crippen LogP contribution >= 0.6 is 11.6 Å². The number of halogens is 1. The van der Waals surface area contributed by atoms with E-state index >= 15 is 0 Å². The lowest BCUT2D eigenvalue weighted by molar-refractivity contribution is 0.500. The molecule has 66 valence electrons. The minimum atomic E-state index is 0.153. The van der Waals surface area contributed by atoms with Gasteiger partial charge in [0, 0.05) is 22.9 Å². The predicted molar refractivity (Wildman–Crippen MR) is 52.5 cm³/mol. The fourth-order valence-corrected chi connectivity index (χ4v) is 1.66. The zero-order valence-corrected chi connectivity index (χ0v) is 7.67. The third kappa shape index (κ3) is 1.23.